The fourth-order valence-electron chi connectivity index (χ4n) is 6.49. The van der Waals surface area contributed by atoms with Crippen LogP contribution in [-0.4, -0.2) is 25.9 Å². The summed E-state index contributed by atoms with van der Waals surface area (Å²) in [4.78, 5) is 20.0. The number of aromatic nitrogens is 2. The monoisotopic (exact) mass is 381 g/mol. The molecule has 0 aliphatic heterocycles. The average molecular weight is 381 g/mol. The summed E-state index contributed by atoms with van der Waals surface area (Å²) < 4.78 is 15.3. The molecular formula is C23H28FN3O. The molecule has 6 rings (SSSR count). The highest BCUT2D eigenvalue weighted by atomic mass is 19.1. The Kier molecular flexibility index (Phi) is 4.29. The molecule has 4 bridgehead atoms. The van der Waals surface area contributed by atoms with Gasteiger partial charge in [0.2, 0.25) is 5.91 Å². The van der Waals surface area contributed by atoms with Gasteiger partial charge in [0.05, 0.1) is 0 Å². The number of nitrogens with zero attached hydrogens (tertiary/aromatic N) is 3. The molecule has 4 aliphatic carbocycles. The standard InChI is InChI=1S/C23H28FN3O/c1-16-25-6-7-26(16)15-22(28)27(14-17-2-4-21(24)5-3-17)23-11-18-8-19(12-23)10-20(9-18)13-23/h2-7,18-20H,8-15H2,1H3. The molecule has 2 aromatic rings. The van der Waals surface area contributed by atoms with Gasteiger partial charge in [0, 0.05) is 24.5 Å². The Morgan fingerprint density at radius 2 is 1.75 bits per heavy atom. The van der Waals surface area contributed by atoms with E-state index in [1.807, 2.05) is 29.8 Å². The second-order valence-electron chi connectivity index (χ2n) is 9.35. The van der Waals surface area contributed by atoms with E-state index < -0.39 is 0 Å². The molecule has 1 aromatic heterocycles. The maximum atomic E-state index is 13.6. The Labute approximate surface area is 165 Å². The minimum atomic E-state index is -0.231. The minimum absolute atomic E-state index is 0.0191. The van der Waals surface area contributed by atoms with E-state index >= 15 is 0 Å². The maximum absolute atomic E-state index is 13.6. The Morgan fingerprint density at radius 3 is 2.29 bits per heavy atom. The summed E-state index contributed by atoms with van der Waals surface area (Å²) in [6.07, 6.45) is 11.1. The van der Waals surface area contributed by atoms with E-state index in [2.05, 4.69) is 9.88 Å². The van der Waals surface area contributed by atoms with Crippen LogP contribution in [0.15, 0.2) is 36.7 Å². The number of hydrogen-bond acceptors (Lipinski definition) is 2. The van der Waals surface area contributed by atoms with Gasteiger partial charge in [-0.05, 0) is 80.9 Å². The van der Waals surface area contributed by atoms with Crippen LogP contribution in [0, 0.1) is 30.5 Å². The lowest BCUT2D eigenvalue weighted by atomic mass is 9.52. The smallest absolute Gasteiger partial charge is 0.243 e. The Hall–Kier alpha value is -2.17. The number of hydrogen-bond donors (Lipinski definition) is 0. The summed E-state index contributed by atoms with van der Waals surface area (Å²) in [5.41, 5.74) is 0.988. The number of imidazole rings is 1. The second-order valence-corrected chi connectivity index (χ2v) is 9.35. The number of benzene rings is 1. The molecule has 0 spiro atoms. The van der Waals surface area contributed by atoms with Crippen molar-refractivity contribution < 1.29 is 9.18 Å². The maximum Gasteiger partial charge on any atom is 0.243 e. The van der Waals surface area contributed by atoms with Crippen LogP contribution >= 0.6 is 0 Å². The van der Waals surface area contributed by atoms with E-state index in [4.69, 9.17) is 0 Å². The third kappa shape index (κ3) is 3.15. The first-order chi connectivity index (χ1) is 13.5. The molecule has 28 heavy (non-hydrogen) atoms. The summed E-state index contributed by atoms with van der Waals surface area (Å²) in [6, 6.07) is 6.63. The van der Waals surface area contributed by atoms with E-state index in [-0.39, 0.29) is 17.3 Å². The number of carbonyl (C=O) groups is 1. The van der Waals surface area contributed by atoms with Gasteiger partial charge in [-0.1, -0.05) is 12.1 Å². The van der Waals surface area contributed by atoms with Crippen molar-refractivity contribution >= 4 is 5.91 Å². The molecule has 1 heterocycles. The van der Waals surface area contributed by atoms with E-state index in [0.717, 1.165) is 48.4 Å². The van der Waals surface area contributed by atoms with Gasteiger partial charge in [-0.2, -0.15) is 0 Å². The highest BCUT2D eigenvalue weighted by Gasteiger charge is 2.54. The van der Waals surface area contributed by atoms with Crippen molar-refractivity contribution in [1.29, 1.82) is 0 Å². The normalized spacial score (nSPS) is 30.6. The predicted molar refractivity (Wildman–Crippen MR) is 105 cm³/mol. The van der Waals surface area contributed by atoms with Crippen molar-refractivity contribution in [2.45, 2.75) is 64.1 Å². The van der Waals surface area contributed by atoms with Crippen molar-refractivity contribution in [2.24, 2.45) is 17.8 Å². The molecule has 4 fully saturated rings. The Balaban J connectivity index is 1.46. The molecule has 0 atom stereocenters. The van der Waals surface area contributed by atoms with Gasteiger partial charge in [-0.15, -0.1) is 0 Å². The molecule has 4 aliphatic rings. The third-order valence-corrected chi connectivity index (χ3v) is 7.36. The Bertz CT molecular complexity index is 837. The quantitative estimate of drug-likeness (QED) is 0.773. The summed E-state index contributed by atoms with van der Waals surface area (Å²) in [5.74, 6) is 3.10. The van der Waals surface area contributed by atoms with E-state index in [1.54, 1.807) is 6.20 Å². The van der Waals surface area contributed by atoms with Gasteiger partial charge < -0.3 is 9.47 Å². The first-order valence-electron chi connectivity index (χ1n) is 10.5. The SMILES string of the molecule is Cc1nccn1CC(=O)N(Cc1ccc(F)cc1)C12CC3CC(CC(C3)C1)C2. The molecule has 4 nitrogen and oxygen atoms in total. The van der Waals surface area contributed by atoms with Crippen LogP contribution in [0.2, 0.25) is 0 Å². The van der Waals surface area contributed by atoms with Crippen LogP contribution in [0.4, 0.5) is 4.39 Å². The zero-order chi connectivity index (χ0) is 19.3. The number of halogens is 1. The fourth-order valence-corrected chi connectivity index (χ4v) is 6.49. The zero-order valence-corrected chi connectivity index (χ0v) is 16.5. The van der Waals surface area contributed by atoms with E-state index in [9.17, 15) is 9.18 Å². The molecule has 0 N–H and O–H groups in total. The average Bonchev–Trinajstić information content (AvgIpc) is 3.04. The Morgan fingerprint density at radius 1 is 1.14 bits per heavy atom. The van der Waals surface area contributed by atoms with Gasteiger partial charge >= 0.3 is 0 Å². The summed E-state index contributed by atoms with van der Waals surface area (Å²) in [7, 11) is 0. The van der Waals surface area contributed by atoms with Crippen molar-refractivity contribution in [3.63, 3.8) is 0 Å². The molecular weight excluding hydrogens is 353 g/mol. The van der Waals surface area contributed by atoms with Gasteiger partial charge in [-0.3, -0.25) is 4.79 Å². The molecule has 4 saturated carbocycles. The van der Waals surface area contributed by atoms with Crippen LogP contribution in [0.3, 0.4) is 0 Å². The molecule has 0 radical (unpaired) electrons. The molecule has 1 aromatic carbocycles. The number of rotatable bonds is 5. The van der Waals surface area contributed by atoms with Crippen molar-refractivity contribution in [3.8, 4) is 0 Å². The highest BCUT2D eigenvalue weighted by Crippen LogP contribution is 2.58. The van der Waals surface area contributed by atoms with E-state index in [1.165, 1.54) is 31.4 Å². The third-order valence-electron chi connectivity index (χ3n) is 7.36. The number of aryl methyl sites for hydroxylation is 1. The van der Waals surface area contributed by atoms with Gasteiger partial charge in [-0.25, -0.2) is 9.37 Å². The van der Waals surface area contributed by atoms with Crippen molar-refractivity contribution in [1.82, 2.24) is 14.5 Å². The lowest BCUT2D eigenvalue weighted by Gasteiger charge is -2.60. The predicted octanol–water partition coefficient (Wildman–Crippen LogP) is 4.33. The number of amides is 1. The van der Waals surface area contributed by atoms with Crippen molar-refractivity contribution in [3.05, 3.63) is 53.9 Å². The largest absolute Gasteiger partial charge is 0.331 e. The van der Waals surface area contributed by atoms with Gasteiger partial charge in [0.1, 0.15) is 18.2 Å². The lowest BCUT2D eigenvalue weighted by Crippen LogP contribution is -2.61. The van der Waals surface area contributed by atoms with Crippen LogP contribution < -0.4 is 0 Å². The molecule has 148 valence electrons. The minimum Gasteiger partial charge on any atom is -0.331 e. The topological polar surface area (TPSA) is 38.1 Å². The molecule has 0 saturated heterocycles. The first-order valence-corrected chi connectivity index (χ1v) is 10.5. The molecule has 1 amide bonds. The number of carbonyl (C=O) groups excluding carboxylic acids is 1. The van der Waals surface area contributed by atoms with Crippen LogP contribution in [0.1, 0.15) is 49.9 Å². The van der Waals surface area contributed by atoms with Crippen LogP contribution in [0.5, 0.6) is 0 Å². The van der Waals surface area contributed by atoms with Crippen molar-refractivity contribution in [2.75, 3.05) is 0 Å². The van der Waals surface area contributed by atoms with Crippen LogP contribution in [-0.2, 0) is 17.9 Å². The van der Waals surface area contributed by atoms with E-state index in [0.29, 0.717) is 13.1 Å². The second kappa shape index (κ2) is 6.71. The van der Waals surface area contributed by atoms with Gasteiger partial charge in [0.25, 0.3) is 0 Å². The van der Waals surface area contributed by atoms with Crippen LogP contribution in [0.25, 0.3) is 0 Å². The summed E-state index contributed by atoms with van der Waals surface area (Å²) >= 11 is 0. The zero-order valence-electron chi connectivity index (χ0n) is 16.5. The summed E-state index contributed by atoms with van der Waals surface area (Å²) in [5, 5.41) is 0. The molecule has 0 unspecified atom stereocenters. The summed E-state index contributed by atoms with van der Waals surface area (Å²) in [6.45, 7) is 2.83. The van der Waals surface area contributed by atoms with Gasteiger partial charge in [0.15, 0.2) is 0 Å². The first kappa shape index (κ1) is 17.9. The highest BCUT2D eigenvalue weighted by molar-refractivity contribution is 5.77. The lowest BCUT2D eigenvalue weighted by molar-refractivity contribution is -0.153. The fraction of sp³-hybridized carbons (Fsp3) is 0.565. The molecule has 5 heteroatoms.